The molecule has 0 saturated heterocycles. The molecule has 27 heavy (non-hydrogen) atoms. The zero-order valence-corrected chi connectivity index (χ0v) is 14.8. The van der Waals surface area contributed by atoms with Crippen molar-refractivity contribution < 1.29 is 14.7 Å². The molecule has 136 valence electrons. The standard InChI is InChI=1S/C22H20N2O3/c25-21(22(26)27)19(13-17-9-5-2-6-10-17)20-14-18(23-15-24-20)12-11-16-7-3-1-4-8-16/h1-10,14-15,19H,11-13H2,(H,26,27). The first-order valence-corrected chi connectivity index (χ1v) is 8.79. The lowest BCUT2D eigenvalue weighted by Gasteiger charge is -2.14. The molecule has 1 aromatic heterocycles. The summed E-state index contributed by atoms with van der Waals surface area (Å²) >= 11 is 0. The van der Waals surface area contributed by atoms with Crippen LogP contribution in [0, 0.1) is 0 Å². The molecule has 0 bridgehead atoms. The van der Waals surface area contributed by atoms with Crippen LogP contribution in [0.1, 0.15) is 28.4 Å². The Labute approximate surface area is 157 Å². The van der Waals surface area contributed by atoms with Gasteiger partial charge in [-0.25, -0.2) is 14.8 Å². The lowest BCUT2D eigenvalue weighted by molar-refractivity contribution is -0.149. The molecule has 1 unspecified atom stereocenters. The van der Waals surface area contributed by atoms with Gasteiger partial charge in [-0.3, -0.25) is 4.79 Å². The van der Waals surface area contributed by atoms with Gasteiger partial charge in [0.15, 0.2) is 0 Å². The van der Waals surface area contributed by atoms with E-state index in [0.717, 1.165) is 17.7 Å². The van der Waals surface area contributed by atoms with Crippen LogP contribution >= 0.6 is 0 Å². The van der Waals surface area contributed by atoms with Gasteiger partial charge in [0.2, 0.25) is 5.78 Å². The molecular formula is C22H20N2O3. The largest absolute Gasteiger partial charge is 0.475 e. The van der Waals surface area contributed by atoms with Gasteiger partial charge < -0.3 is 5.11 Å². The maximum absolute atomic E-state index is 12.3. The topological polar surface area (TPSA) is 80.1 Å². The molecule has 3 rings (SSSR count). The van der Waals surface area contributed by atoms with E-state index in [4.69, 9.17) is 0 Å². The van der Waals surface area contributed by atoms with Crippen molar-refractivity contribution in [2.75, 3.05) is 0 Å². The Morgan fingerprint density at radius 2 is 1.48 bits per heavy atom. The van der Waals surface area contributed by atoms with Gasteiger partial charge in [-0.15, -0.1) is 0 Å². The first-order valence-electron chi connectivity index (χ1n) is 8.79. The fraction of sp³-hybridized carbons (Fsp3) is 0.182. The van der Waals surface area contributed by atoms with E-state index in [1.165, 1.54) is 11.9 Å². The molecule has 0 amide bonds. The second-order valence-electron chi connectivity index (χ2n) is 6.33. The van der Waals surface area contributed by atoms with Crippen LogP contribution in [0.25, 0.3) is 0 Å². The predicted octanol–water partition coefficient (Wildman–Crippen LogP) is 3.24. The average Bonchev–Trinajstić information content (AvgIpc) is 2.71. The average molecular weight is 360 g/mol. The minimum absolute atomic E-state index is 0.293. The van der Waals surface area contributed by atoms with E-state index in [1.807, 2.05) is 60.7 Å². The molecule has 0 radical (unpaired) electrons. The summed E-state index contributed by atoms with van der Waals surface area (Å²) in [4.78, 5) is 32.1. The summed E-state index contributed by atoms with van der Waals surface area (Å²) in [5, 5.41) is 9.22. The number of carbonyl (C=O) groups is 2. The minimum Gasteiger partial charge on any atom is -0.475 e. The maximum Gasteiger partial charge on any atom is 0.372 e. The fourth-order valence-corrected chi connectivity index (χ4v) is 2.99. The summed E-state index contributed by atoms with van der Waals surface area (Å²) in [6.07, 6.45) is 3.20. The third kappa shape index (κ3) is 5.07. The Hall–Kier alpha value is -3.34. The number of nitrogens with zero attached hydrogens (tertiary/aromatic N) is 2. The first kappa shape index (κ1) is 18.5. The maximum atomic E-state index is 12.3. The van der Waals surface area contributed by atoms with Gasteiger partial charge in [-0.05, 0) is 36.5 Å². The van der Waals surface area contributed by atoms with E-state index in [0.29, 0.717) is 18.5 Å². The molecule has 5 heteroatoms. The van der Waals surface area contributed by atoms with Gasteiger partial charge in [-0.1, -0.05) is 60.7 Å². The van der Waals surface area contributed by atoms with Crippen LogP contribution < -0.4 is 0 Å². The molecule has 1 heterocycles. The van der Waals surface area contributed by atoms with Crippen molar-refractivity contribution in [1.29, 1.82) is 0 Å². The second kappa shape index (κ2) is 8.85. The highest BCUT2D eigenvalue weighted by Gasteiger charge is 2.28. The molecule has 0 aliphatic carbocycles. The van der Waals surface area contributed by atoms with Gasteiger partial charge in [0.05, 0.1) is 11.6 Å². The third-order valence-electron chi connectivity index (χ3n) is 4.42. The van der Waals surface area contributed by atoms with E-state index >= 15 is 0 Å². The predicted molar refractivity (Wildman–Crippen MR) is 101 cm³/mol. The van der Waals surface area contributed by atoms with Gasteiger partial charge >= 0.3 is 5.97 Å². The molecule has 0 saturated carbocycles. The highest BCUT2D eigenvalue weighted by molar-refractivity contribution is 6.34. The van der Waals surface area contributed by atoms with Crippen LogP contribution in [0.3, 0.4) is 0 Å². The highest BCUT2D eigenvalue weighted by Crippen LogP contribution is 2.21. The Kier molecular flexibility index (Phi) is 6.05. The number of hydrogen-bond acceptors (Lipinski definition) is 4. The summed E-state index contributed by atoms with van der Waals surface area (Å²) < 4.78 is 0. The molecular weight excluding hydrogens is 340 g/mol. The number of aromatic nitrogens is 2. The van der Waals surface area contributed by atoms with Crippen molar-refractivity contribution in [1.82, 2.24) is 9.97 Å². The monoisotopic (exact) mass is 360 g/mol. The van der Waals surface area contributed by atoms with Gasteiger partial charge in [0.1, 0.15) is 6.33 Å². The molecule has 0 aliphatic rings. The van der Waals surface area contributed by atoms with Gasteiger partial charge in [-0.2, -0.15) is 0 Å². The minimum atomic E-state index is -1.44. The van der Waals surface area contributed by atoms with Crippen molar-refractivity contribution in [2.45, 2.75) is 25.2 Å². The summed E-state index contributed by atoms with van der Waals surface area (Å²) in [5.41, 5.74) is 3.33. The molecule has 5 nitrogen and oxygen atoms in total. The lowest BCUT2D eigenvalue weighted by atomic mass is 9.91. The number of aryl methyl sites for hydroxylation is 2. The van der Waals surface area contributed by atoms with Crippen LogP contribution in [-0.2, 0) is 28.9 Å². The van der Waals surface area contributed by atoms with Crippen molar-refractivity contribution >= 4 is 11.8 Å². The second-order valence-corrected chi connectivity index (χ2v) is 6.33. The molecule has 1 N–H and O–H groups in total. The van der Waals surface area contributed by atoms with E-state index < -0.39 is 17.7 Å². The van der Waals surface area contributed by atoms with Crippen LogP contribution in [0.4, 0.5) is 0 Å². The van der Waals surface area contributed by atoms with Gasteiger partial charge in [0, 0.05) is 5.69 Å². The Balaban J connectivity index is 1.81. The number of hydrogen-bond donors (Lipinski definition) is 1. The number of carboxylic acids is 1. The number of carboxylic acid groups (broad SMARTS) is 1. The quantitative estimate of drug-likeness (QED) is 0.624. The molecule has 0 fully saturated rings. The Morgan fingerprint density at radius 1 is 0.852 bits per heavy atom. The zero-order valence-electron chi connectivity index (χ0n) is 14.8. The van der Waals surface area contributed by atoms with E-state index in [-0.39, 0.29) is 0 Å². The molecule has 2 aromatic carbocycles. The Morgan fingerprint density at radius 3 is 2.11 bits per heavy atom. The van der Waals surface area contributed by atoms with Crippen LogP contribution in [0.15, 0.2) is 73.1 Å². The number of carbonyl (C=O) groups excluding carboxylic acids is 1. The summed E-state index contributed by atoms with van der Waals surface area (Å²) in [6, 6.07) is 21.1. The summed E-state index contributed by atoms with van der Waals surface area (Å²) in [6.45, 7) is 0. The molecule has 3 aromatic rings. The van der Waals surface area contributed by atoms with Gasteiger partial charge in [0.25, 0.3) is 0 Å². The molecule has 1 atom stereocenters. The first-order chi connectivity index (χ1) is 13.1. The lowest BCUT2D eigenvalue weighted by Crippen LogP contribution is -2.24. The van der Waals surface area contributed by atoms with Crippen molar-refractivity contribution in [3.63, 3.8) is 0 Å². The van der Waals surface area contributed by atoms with E-state index in [1.54, 1.807) is 6.07 Å². The number of benzene rings is 2. The smallest absolute Gasteiger partial charge is 0.372 e. The number of Topliss-reactive ketones (excluding diaryl/α,β-unsaturated/α-hetero) is 1. The van der Waals surface area contributed by atoms with Crippen LogP contribution in [0.2, 0.25) is 0 Å². The summed E-state index contributed by atoms with van der Waals surface area (Å²) in [7, 11) is 0. The number of aliphatic carboxylic acids is 1. The molecule has 0 aliphatic heterocycles. The van der Waals surface area contributed by atoms with Crippen molar-refractivity contribution in [3.8, 4) is 0 Å². The van der Waals surface area contributed by atoms with Crippen LogP contribution in [-0.4, -0.2) is 26.8 Å². The highest BCUT2D eigenvalue weighted by atomic mass is 16.4. The summed E-state index contributed by atoms with van der Waals surface area (Å²) in [5.74, 6) is -3.13. The Bertz CT molecular complexity index is 911. The number of rotatable bonds is 8. The normalized spacial score (nSPS) is 11.7. The zero-order chi connectivity index (χ0) is 19.1. The van der Waals surface area contributed by atoms with E-state index in [2.05, 4.69) is 9.97 Å². The van der Waals surface area contributed by atoms with Crippen LogP contribution in [0.5, 0.6) is 0 Å². The fourth-order valence-electron chi connectivity index (χ4n) is 2.99. The molecule has 0 spiro atoms. The van der Waals surface area contributed by atoms with E-state index in [9.17, 15) is 14.7 Å². The SMILES string of the molecule is O=C(O)C(=O)C(Cc1ccccc1)c1cc(CCc2ccccc2)ncn1. The van der Waals surface area contributed by atoms with Crippen molar-refractivity contribution in [3.05, 3.63) is 95.6 Å². The number of ketones is 1. The van der Waals surface area contributed by atoms with Crippen molar-refractivity contribution in [2.24, 2.45) is 0 Å². The third-order valence-corrected chi connectivity index (χ3v) is 4.42.